The van der Waals surface area contributed by atoms with Crippen LogP contribution in [-0.2, 0) is 9.59 Å². The highest BCUT2D eigenvalue weighted by atomic mass is 35.5. The van der Waals surface area contributed by atoms with Crippen molar-refractivity contribution >= 4 is 29.1 Å². The van der Waals surface area contributed by atoms with Gasteiger partial charge in [0.1, 0.15) is 5.15 Å². The van der Waals surface area contributed by atoms with Crippen LogP contribution >= 0.6 is 11.6 Å². The highest BCUT2D eigenvalue weighted by Gasteiger charge is 2.07. The number of carboxylic acids is 2. The fourth-order valence-corrected chi connectivity index (χ4v) is 1.78. The smallest absolute Gasteiger partial charge is 0.328 e. The maximum Gasteiger partial charge on any atom is 0.328 e. The lowest BCUT2D eigenvalue weighted by molar-refractivity contribution is -0.646. The summed E-state index contributed by atoms with van der Waals surface area (Å²) in [6.45, 7) is 2.26. The van der Waals surface area contributed by atoms with Crippen LogP contribution in [0.5, 0.6) is 0 Å². The molecule has 0 aliphatic carbocycles. The molecule has 0 spiro atoms. The van der Waals surface area contributed by atoms with Crippen LogP contribution in [0.2, 0.25) is 5.15 Å². The number of nitrogens with two attached hydrogens (primary N) is 1. The van der Waals surface area contributed by atoms with E-state index in [0.29, 0.717) is 17.3 Å². The molecule has 0 saturated heterocycles. The summed E-state index contributed by atoms with van der Waals surface area (Å²) in [6, 6.07) is 3.88. The van der Waals surface area contributed by atoms with Gasteiger partial charge in [0.05, 0.1) is 19.1 Å². The molecule has 0 unspecified atom stereocenters. The molecule has 1 aliphatic rings. The molecule has 3 N–H and O–H groups in total. The van der Waals surface area contributed by atoms with Crippen LogP contribution in [0.4, 0.5) is 0 Å². The highest BCUT2D eigenvalue weighted by Crippen LogP contribution is 2.18. The summed E-state index contributed by atoms with van der Waals surface area (Å²) in [4.78, 5) is 23.0. The number of carboxylic acid groups (broad SMARTS) is 2. The average Bonchev–Trinajstić information content (AvgIpc) is 2.47. The van der Waals surface area contributed by atoms with Gasteiger partial charge < -0.3 is 20.3 Å². The molecule has 2 heterocycles. The lowest BCUT2D eigenvalue weighted by atomic mass is 10.0. The molecule has 7 heteroatoms. The fourth-order valence-electron chi connectivity index (χ4n) is 1.67. The summed E-state index contributed by atoms with van der Waals surface area (Å²) in [5.41, 5.74) is 2.60. The van der Waals surface area contributed by atoms with Gasteiger partial charge in [0.15, 0.2) is 0 Å². The zero-order chi connectivity index (χ0) is 15.7. The topological polar surface area (TPSA) is 107 Å². The molecule has 1 aromatic heterocycles. The molecule has 0 fully saturated rings. The summed E-state index contributed by atoms with van der Waals surface area (Å²) >= 11 is 5.71. The number of aromatic nitrogens is 1. The van der Waals surface area contributed by atoms with E-state index in [0.717, 1.165) is 13.0 Å². The second-order valence-electron chi connectivity index (χ2n) is 4.15. The van der Waals surface area contributed by atoms with Crippen molar-refractivity contribution in [1.29, 1.82) is 0 Å². The largest absolute Gasteiger partial charge is 0.545 e. The first kappa shape index (κ1) is 16.9. The van der Waals surface area contributed by atoms with E-state index in [-0.39, 0.29) is 0 Å². The summed E-state index contributed by atoms with van der Waals surface area (Å²) in [5, 5.41) is 20.1. The molecule has 1 aromatic rings. The molecule has 0 atom stereocenters. The van der Waals surface area contributed by atoms with Gasteiger partial charge in [-0.2, -0.15) is 0 Å². The molecule has 0 bridgehead atoms. The first-order valence-corrected chi connectivity index (χ1v) is 6.61. The average molecular weight is 311 g/mol. The number of nitrogens with zero attached hydrogens (tertiary/aromatic N) is 1. The molecular weight excluding hydrogens is 296 g/mol. The van der Waals surface area contributed by atoms with Gasteiger partial charge >= 0.3 is 5.97 Å². The van der Waals surface area contributed by atoms with E-state index in [2.05, 4.69) is 16.4 Å². The Hall–Kier alpha value is -2.18. The third-order valence-corrected chi connectivity index (χ3v) is 2.83. The number of rotatable bonds is 3. The number of halogens is 1. The lowest BCUT2D eigenvalue weighted by Gasteiger charge is -2.11. The predicted octanol–water partition coefficient (Wildman–Crippen LogP) is -0.537. The number of pyridine rings is 1. The van der Waals surface area contributed by atoms with Gasteiger partial charge in [-0.25, -0.2) is 9.78 Å². The van der Waals surface area contributed by atoms with Crippen LogP contribution in [-0.4, -0.2) is 35.1 Å². The van der Waals surface area contributed by atoms with E-state index >= 15 is 0 Å². The minimum atomic E-state index is -1.51. The fraction of sp³-hybridized carbons (Fsp3) is 0.214. The van der Waals surface area contributed by atoms with Crippen molar-refractivity contribution in [3.8, 4) is 0 Å². The molecule has 0 amide bonds. The van der Waals surface area contributed by atoms with Crippen LogP contribution in [0.25, 0.3) is 5.57 Å². The van der Waals surface area contributed by atoms with Crippen molar-refractivity contribution < 1.29 is 25.1 Å². The van der Waals surface area contributed by atoms with Gasteiger partial charge in [0, 0.05) is 18.7 Å². The van der Waals surface area contributed by atoms with Crippen molar-refractivity contribution in [3.05, 3.63) is 47.3 Å². The monoisotopic (exact) mass is 310 g/mol. The summed E-state index contributed by atoms with van der Waals surface area (Å²) in [7, 11) is 0. The highest BCUT2D eigenvalue weighted by molar-refractivity contribution is 6.29. The maximum atomic E-state index is 9.53. The summed E-state index contributed by atoms with van der Waals surface area (Å²) in [5.74, 6) is -2.80. The number of quaternary nitrogens is 1. The number of carbonyl (C=O) groups is 2. The number of aliphatic carboxylic acids is 2. The van der Waals surface area contributed by atoms with Crippen molar-refractivity contribution in [3.63, 3.8) is 0 Å². The molecule has 1 aliphatic heterocycles. The second kappa shape index (κ2) is 8.89. The van der Waals surface area contributed by atoms with Gasteiger partial charge in [0.25, 0.3) is 0 Å². The Labute approximate surface area is 126 Å². The van der Waals surface area contributed by atoms with E-state index in [1.807, 2.05) is 18.3 Å². The molecule has 21 heavy (non-hydrogen) atoms. The van der Waals surface area contributed by atoms with E-state index in [1.165, 1.54) is 17.7 Å². The van der Waals surface area contributed by atoms with Crippen LogP contribution in [0, 0.1) is 0 Å². The minimum Gasteiger partial charge on any atom is -0.545 e. The molecule has 0 saturated carbocycles. The van der Waals surface area contributed by atoms with Crippen LogP contribution in [0.3, 0.4) is 0 Å². The molecule has 0 radical (unpaired) electrons. The second-order valence-corrected chi connectivity index (χ2v) is 4.54. The Morgan fingerprint density at radius 2 is 2.14 bits per heavy atom. The molecule has 6 nitrogen and oxygen atoms in total. The van der Waals surface area contributed by atoms with Crippen LogP contribution < -0.4 is 10.4 Å². The van der Waals surface area contributed by atoms with E-state index < -0.39 is 11.9 Å². The third kappa shape index (κ3) is 7.24. The zero-order valence-corrected chi connectivity index (χ0v) is 11.9. The number of hydrogen-bond acceptors (Lipinski definition) is 4. The normalized spacial score (nSPS) is 14.0. The quantitative estimate of drug-likeness (QED) is 0.576. The Morgan fingerprint density at radius 3 is 2.57 bits per heavy atom. The maximum absolute atomic E-state index is 9.53. The van der Waals surface area contributed by atoms with Crippen molar-refractivity contribution in [1.82, 2.24) is 4.98 Å². The zero-order valence-electron chi connectivity index (χ0n) is 11.2. The molecule has 2 rings (SSSR count). The number of hydrogen-bond donors (Lipinski definition) is 2. The lowest BCUT2D eigenvalue weighted by Crippen LogP contribution is -2.84. The van der Waals surface area contributed by atoms with Crippen LogP contribution in [0.15, 0.2) is 36.6 Å². The first-order chi connectivity index (χ1) is 9.99. The molecule has 112 valence electrons. The first-order valence-electron chi connectivity index (χ1n) is 6.23. The van der Waals surface area contributed by atoms with Gasteiger partial charge in [-0.05, 0) is 29.4 Å². The molecule has 0 aromatic carbocycles. The van der Waals surface area contributed by atoms with E-state index in [1.54, 1.807) is 0 Å². The standard InChI is InChI=1S/C10H11ClN2.C4H4O4/c11-10-2-1-9(7-13-10)8-3-5-12-6-4-8;5-3(6)1-2-4(7)8/h1-3,7,12H,4-6H2;1-2H,(H,5,6)(H,7,8)/b;2-1+. The Bertz CT molecular complexity index is 537. The minimum absolute atomic E-state index is 0.447. The Morgan fingerprint density at radius 1 is 1.38 bits per heavy atom. The van der Waals surface area contributed by atoms with Gasteiger partial charge in [0.2, 0.25) is 0 Å². The third-order valence-electron chi connectivity index (χ3n) is 2.61. The summed E-state index contributed by atoms with van der Waals surface area (Å²) < 4.78 is 0. The van der Waals surface area contributed by atoms with Crippen LogP contribution in [0.1, 0.15) is 12.0 Å². The van der Waals surface area contributed by atoms with Gasteiger partial charge in [-0.15, -0.1) is 0 Å². The van der Waals surface area contributed by atoms with E-state index in [4.69, 9.17) is 16.7 Å². The van der Waals surface area contributed by atoms with E-state index in [9.17, 15) is 14.7 Å². The van der Waals surface area contributed by atoms with Gasteiger partial charge in [-0.1, -0.05) is 17.7 Å². The van der Waals surface area contributed by atoms with Gasteiger partial charge in [-0.3, -0.25) is 0 Å². The Kier molecular flexibility index (Phi) is 7.14. The molecular formula is C14H15ClN2O4. The number of carbonyl (C=O) groups excluding carboxylic acids is 1. The summed E-state index contributed by atoms with van der Waals surface area (Å²) in [6.07, 6.45) is 6.18. The van der Waals surface area contributed by atoms with Crippen molar-refractivity contribution in [2.24, 2.45) is 0 Å². The SMILES string of the molecule is Clc1ccc(C2=CC[NH2+]CC2)cn1.O=C([O-])/C=C/C(=O)O. The predicted molar refractivity (Wildman–Crippen MR) is 75.3 cm³/mol. The van der Waals surface area contributed by atoms with Crippen molar-refractivity contribution in [2.45, 2.75) is 6.42 Å². The van der Waals surface area contributed by atoms with Crippen molar-refractivity contribution in [2.75, 3.05) is 13.1 Å². The Balaban J connectivity index is 0.000000240.